The highest BCUT2D eigenvalue weighted by atomic mass is 16.4. The van der Waals surface area contributed by atoms with Crippen LogP contribution in [0, 0.1) is 5.92 Å². The Bertz CT molecular complexity index is 229. The summed E-state index contributed by atoms with van der Waals surface area (Å²) in [4.78, 5) is 22.2. The number of rotatable bonds is 8. The molecule has 0 rings (SSSR count). The van der Waals surface area contributed by atoms with Gasteiger partial charge in [-0.2, -0.15) is 0 Å². The van der Waals surface area contributed by atoms with Gasteiger partial charge in [0.15, 0.2) is 0 Å². The van der Waals surface area contributed by atoms with Crippen LogP contribution >= 0.6 is 0 Å². The van der Waals surface area contributed by atoms with E-state index in [0.717, 1.165) is 19.3 Å². The third-order valence-corrected chi connectivity index (χ3v) is 2.36. The Hall–Kier alpha value is -1.10. The molecule has 0 aliphatic rings. The van der Waals surface area contributed by atoms with Crippen molar-refractivity contribution >= 4 is 11.9 Å². The predicted molar refractivity (Wildman–Crippen MR) is 61.9 cm³/mol. The summed E-state index contributed by atoms with van der Waals surface area (Å²) in [6, 6.07) is -0.790. The van der Waals surface area contributed by atoms with E-state index in [1.807, 2.05) is 0 Å². The number of nitrogens with two attached hydrogens (primary N) is 1. The van der Waals surface area contributed by atoms with Gasteiger partial charge in [-0.25, -0.2) is 4.79 Å². The molecule has 0 saturated carbocycles. The van der Waals surface area contributed by atoms with Gasteiger partial charge in [-0.15, -0.1) is 0 Å². The van der Waals surface area contributed by atoms with Crippen LogP contribution < -0.4 is 11.1 Å². The van der Waals surface area contributed by atoms with Crippen LogP contribution in [-0.4, -0.2) is 29.6 Å². The molecule has 4 N–H and O–H groups in total. The van der Waals surface area contributed by atoms with Gasteiger partial charge < -0.3 is 16.2 Å². The number of nitrogens with one attached hydrogen (secondary N) is 1. The normalized spacial score (nSPS) is 12.5. The molecule has 0 aliphatic carbocycles. The zero-order valence-corrected chi connectivity index (χ0v) is 10.0. The summed E-state index contributed by atoms with van der Waals surface area (Å²) >= 11 is 0. The van der Waals surface area contributed by atoms with Gasteiger partial charge in [0.2, 0.25) is 5.91 Å². The molecular weight excluding hydrogens is 208 g/mol. The fraction of sp³-hybridized carbons (Fsp3) is 0.818. The zero-order chi connectivity index (χ0) is 12.6. The van der Waals surface area contributed by atoms with Crippen LogP contribution in [0.3, 0.4) is 0 Å². The molecule has 0 fully saturated rings. The van der Waals surface area contributed by atoms with Crippen molar-refractivity contribution in [3.05, 3.63) is 0 Å². The highest BCUT2D eigenvalue weighted by Gasteiger charge is 2.22. The average Bonchev–Trinajstić information content (AvgIpc) is 2.20. The van der Waals surface area contributed by atoms with E-state index < -0.39 is 12.0 Å². The summed E-state index contributed by atoms with van der Waals surface area (Å²) in [6.45, 7) is 4.17. The first-order valence-electron chi connectivity index (χ1n) is 5.71. The first-order chi connectivity index (χ1) is 7.49. The van der Waals surface area contributed by atoms with Crippen molar-refractivity contribution in [1.29, 1.82) is 0 Å². The van der Waals surface area contributed by atoms with E-state index in [1.165, 1.54) is 0 Å². The van der Waals surface area contributed by atoms with Gasteiger partial charge in [0, 0.05) is 6.42 Å². The van der Waals surface area contributed by atoms with Gasteiger partial charge in [0.05, 0.1) is 0 Å². The molecule has 0 aromatic carbocycles. The van der Waals surface area contributed by atoms with Crippen molar-refractivity contribution < 1.29 is 14.7 Å². The summed E-state index contributed by atoms with van der Waals surface area (Å²) in [6.07, 6.45) is 2.94. The van der Waals surface area contributed by atoms with Gasteiger partial charge in [-0.3, -0.25) is 4.79 Å². The average molecular weight is 230 g/mol. The number of carboxylic acids is 1. The van der Waals surface area contributed by atoms with Crippen LogP contribution in [0.4, 0.5) is 0 Å². The van der Waals surface area contributed by atoms with Crippen LogP contribution in [0.5, 0.6) is 0 Å². The summed E-state index contributed by atoms with van der Waals surface area (Å²) < 4.78 is 0. The molecule has 16 heavy (non-hydrogen) atoms. The lowest BCUT2D eigenvalue weighted by molar-refractivity contribution is -0.143. The summed E-state index contributed by atoms with van der Waals surface area (Å²) in [5.41, 5.74) is 5.33. The number of carboxylic acid groups (broad SMARTS) is 1. The van der Waals surface area contributed by atoms with E-state index in [1.54, 1.807) is 13.8 Å². The Morgan fingerprint density at radius 3 is 2.31 bits per heavy atom. The molecule has 0 radical (unpaired) electrons. The maximum atomic E-state index is 11.4. The molecule has 94 valence electrons. The molecule has 0 spiro atoms. The molecular formula is C11H22N2O3. The van der Waals surface area contributed by atoms with E-state index in [-0.39, 0.29) is 11.8 Å². The first-order valence-corrected chi connectivity index (χ1v) is 5.71. The summed E-state index contributed by atoms with van der Waals surface area (Å²) in [7, 11) is 0. The lowest BCUT2D eigenvalue weighted by atomic mass is 10.0. The molecule has 0 aromatic heterocycles. The van der Waals surface area contributed by atoms with E-state index in [0.29, 0.717) is 13.0 Å². The SMILES string of the molecule is CC(C)C(NC(=O)CCCCCN)C(=O)O. The lowest BCUT2D eigenvalue weighted by Crippen LogP contribution is -2.44. The van der Waals surface area contributed by atoms with E-state index in [4.69, 9.17) is 10.8 Å². The molecule has 0 aliphatic heterocycles. The van der Waals surface area contributed by atoms with Crippen molar-refractivity contribution in [3.8, 4) is 0 Å². The van der Waals surface area contributed by atoms with Gasteiger partial charge >= 0.3 is 5.97 Å². The number of aliphatic carboxylic acids is 1. The fourth-order valence-corrected chi connectivity index (χ4v) is 1.37. The monoisotopic (exact) mass is 230 g/mol. The molecule has 0 bridgehead atoms. The third-order valence-electron chi connectivity index (χ3n) is 2.36. The number of carbonyl (C=O) groups is 2. The summed E-state index contributed by atoms with van der Waals surface area (Å²) in [5, 5.41) is 11.4. The maximum absolute atomic E-state index is 11.4. The van der Waals surface area contributed by atoms with E-state index >= 15 is 0 Å². The molecule has 5 nitrogen and oxygen atoms in total. The highest BCUT2D eigenvalue weighted by molar-refractivity contribution is 5.83. The zero-order valence-electron chi connectivity index (χ0n) is 10.0. The Kier molecular flexibility index (Phi) is 7.54. The number of carbonyl (C=O) groups excluding carboxylic acids is 1. The van der Waals surface area contributed by atoms with Crippen LogP contribution in [0.15, 0.2) is 0 Å². The smallest absolute Gasteiger partial charge is 0.326 e. The molecule has 5 heteroatoms. The number of hydrogen-bond acceptors (Lipinski definition) is 3. The molecule has 0 aromatic rings. The molecule has 1 unspecified atom stereocenters. The van der Waals surface area contributed by atoms with Crippen molar-refractivity contribution in [2.45, 2.75) is 45.6 Å². The Morgan fingerprint density at radius 1 is 1.25 bits per heavy atom. The predicted octanol–water partition coefficient (Wildman–Crippen LogP) is 0.731. The largest absolute Gasteiger partial charge is 0.480 e. The second-order valence-corrected chi connectivity index (χ2v) is 4.23. The van der Waals surface area contributed by atoms with Crippen LogP contribution in [0.2, 0.25) is 0 Å². The minimum Gasteiger partial charge on any atom is -0.480 e. The lowest BCUT2D eigenvalue weighted by Gasteiger charge is -2.17. The van der Waals surface area contributed by atoms with Crippen molar-refractivity contribution in [3.63, 3.8) is 0 Å². The van der Waals surface area contributed by atoms with Gasteiger partial charge in [-0.1, -0.05) is 20.3 Å². The van der Waals surface area contributed by atoms with Crippen molar-refractivity contribution in [1.82, 2.24) is 5.32 Å². The van der Waals surface area contributed by atoms with E-state index in [9.17, 15) is 9.59 Å². The molecule has 1 amide bonds. The van der Waals surface area contributed by atoms with Crippen LogP contribution in [0.25, 0.3) is 0 Å². The Labute approximate surface area is 96.4 Å². The number of amides is 1. The molecule has 1 atom stereocenters. The van der Waals surface area contributed by atoms with Crippen LogP contribution in [-0.2, 0) is 9.59 Å². The topological polar surface area (TPSA) is 92.4 Å². The quantitative estimate of drug-likeness (QED) is 0.536. The maximum Gasteiger partial charge on any atom is 0.326 e. The fourth-order valence-electron chi connectivity index (χ4n) is 1.37. The Balaban J connectivity index is 3.87. The minimum absolute atomic E-state index is 0.106. The van der Waals surface area contributed by atoms with Crippen molar-refractivity contribution in [2.75, 3.05) is 6.54 Å². The second kappa shape index (κ2) is 8.10. The van der Waals surface area contributed by atoms with Gasteiger partial charge in [0.25, 0.3) is 0 Å². The first kappa shape index (κ1) is 14.9. The second-order valence-electron chi connectivity index (χ2n) is 4.23. The minimum atomic E-state index is -0.981. The standard InChI is InChI=1S/C11H22N2O3/c1-8(2)10(11(15)16)13-9(14)6-4-3-5-7-12/h8,10H,3-7,12H2,1-2H3,(H,13,14)(H,15,16). The van der Waals surface area contributed by atoms with Gasteiger partial charge in [-0.05, 0) is 25.3 Å². The molecule has 0 saturated heterocycles. The van der Waals surface area contributed by atoms with E-state index in [2.05, 4.69) is 5.32 Å². The van der Waals surface area contributed by atoms with Crippen molar-refractivity contribution in [2.24, 2.45) is 11.7 Å². The Morgan fingerprint density at radius 2 is 1.88 bits per heavy atom. The number of hydrogen-bond donors (Lipinski definition) is 3. The van der Waals surface area contributed by atoms with Gasteiger partial charge in [0.1, 0.15) is 6.04 Å². The number of unbranched alkanes of at least 4 members (excludes halogenated alkanes) is 2. The third kappa shape index (κ3) is 6.40. The van der Waals surface area contributed by atoms with Crippen LogP contribution in [0.1, 0.15) is 39.5 Å². The molecule has 0 heterocycles. The highest BCUT2D eigenvalue weighted by Crippen LogP contribution is 2.04. The summed E-state index contributed by atoms with van der Waals surface area (Å²) in [5.74, 6) is -1.28.